The van der Waals surface area contributed by atoms with Gasteiger partial charge in [0.05, 0.1) is 35.6 Å². The van der Waals surface area contributed by atoms with E-state index in [1.165, 1.54) is 11.8 Å². The Morgan fingerprint density at radius 3 is 3.00 bits per heavy atom. The molecule has 9 heteroatoms. The standard InChI is InChI=1S/C22H26N4O3S2/c1-14-8-9-18(28-3)17(12-14)23-21(27)15(2)31-22-25-24-20(19-7-5-11-30-19)26(22)13-16-6-4-10-29-16/h5,7-9,11-12,15-16H,4,6,10,13H2,1-3H3,(H,23,27). The predicted molar refractivity (Wildman–Crippen MR) is 124 cm³/mol. The molecule has 1 fully saturated rings. The van der Waals surface area contributed by atoms with Crippen LogP contribution in [0, 0.1) is 6.92 Å². The lowest BCUT2D eigenvalue weighted by Gasteiger charge is -2.17. The summed E-state index contributed by atoms with van der Waals surface area (Å²) in [4.78, 5) is 14.0. The van der Waals surface area contributed by atoms with Crippen molar-refractivity contribution in [1.82, 2.24) is 14.8 Å². The highest BCUT2D eigenvalue weighted by molar-refractivity contribution is 8.00. The quantitative estimate of drug-likeness (QED) is 0.496. The number of amides is 1. The molecule has 0 aliphatic carbocycles. The Balaban J connectivity index is 1.52. The van der Waals surface area contributed by atoms with Crippen LogP contribution in [0.5, 0.6) is 5.75 Å². The fraction of sp³-hybridized carbons (Fsp3) is 0.409. The zero-order chi connectivity index (χ0) is 21.8. The number of methoxy groups -OCH3 is 1. The van der Waals surface area contributed by atoms with Crippen molar-refractivity contribution in [3.63, 3.8) is 0 Å². The van der Waals surface area contributed by atoms with E-state index in [9.17, 15) is 4.79 Å². The van der Waals surface area contributed by atoms with E-state index in [1.54, 1.807) is 18.4 Å². The van der Waals surface area contributed by atoms with E-state index in [2.05, 4.69) is 20.1 Å². The van der Waals surface area contributed by atoms with Crippen molar-refractivity contribution in [2.45, 2.75) is 49.7 Å². The van der Waals surface area contributed by atoms with Gasteiger partial charge in [0.25, 0.3) is 0 Å². The van der Waals surface area contributed by atoms with Crippen molar-refractivity contribution < 1.29 is 14.3 Å². The number of hydrogen-bond acceptors (Lipinski definition) is 7. The Morgan fingerprint density at radius 2 is 2.29 bits per heavy atom. The van der Waals surface area contributed by atoms with E-state index in [-0.39, 0.29) is 17.3 Å². The maximum Gasteiger partial charge on any atom is 0.237 e. The molecule has 2 unspecified atom stereocenters. The molecule has 3 aromatic rings. The molecular weight excluding hydrogens is 432 g/mol. The van der Waals surface area contributed by atoms with Crippen LogP contribution in [0.15, 0.2) is 40.9 Å². The molecule has 0 radical (unpaired) electrons. The van der Waals surface area contributed by atoms with Gasteiger partial charge in [-0.15, -0.1) is 21.5 Å². The van der Waals surface area contributed by atoms with Crippen LogP contribution in [-0.4, -0.2) is 45.7 Å². The van der Waals surface area contributed by atoms with Gasteiger partial charge in [-0.25, -0.2) is 0 Å². The molecule has 0 spiro atoms. The van der Waals surface area contributed by atoms with Gasteiger partial charge in [-0.1, -0.05) is 23.9 Å². The second-order valence-electron chi connectivity index (χ2n) is 7.48. The van der Waals surface area contributed by atoms with Crippen molar-refractivity contribution >= 4 is 34.7 Å². The maximum atomic E-state index is 12.9. The van der Waals surface area contributed by atoms with Crippen LogP contribution in [-0.2, 0) is 16.1 Å². The Bertz CT molecular complexity index is 1030. The molecule has 0 bridgehead atoms. The third kappa shape index (κ3) is 5.11. The number of carbonyl (C=O) groups excluding carboxylic acids is 1. The highest BCUT2D eigenvalue weighted by Gasteiger charge is 2.25. The summed E-state index contributed by atoms with van der Waals surface area (Å²) >= 11 is 3.03. The minimum Gasteiger partial charge on any atom is -0.495 e. The fourth-order valence-corrected chi connectivity index (χ4v) is 5.06. The Kier molecular flexibility index (Phi) is 6.94. The average Bonchev–Trinajstić information content (AvgIpc) is 3.51. The second kappa shape index (κ2) is 9.84. The number of aryl methyl sites for hydroxylation is 1. The van der Waals surface area contributed by atoms with Crippen LogP contribution in [0.4, 0.5) is 5.69 Å². The summed E-state index contributed by atoms with van der Waals surface area (Å²) in [6, 6.07) is 9.75. The van der Waals surface area contributed by atoms with E-state index >= 15 is 0 Å². The van der Waals surface area contributed by atoms with Gasteiger partial charge < -0.3 is 14.8 Å². The van der Waals surface area contributed by atoms with Crippen LogP contribution in [0.2, 0.25) is 0 Å². The molecule has 31 heavy (non-hydrogen) atoms. The number of ether oxygens (including phenoxy) is 2. The van der Waals surface area contributed by atoms with E-state index in [0.717, 1.165) is 40.9 Å². The average molecular weight is 459 g/mol. The summed E-state index contributed by atoms with van der Waals surface area (Å²) < 4.78 is 13.3. The summed E-state index contributed by atoms with van der Waals surface area (Å²) in [7, 11) is 1.60. The van der Waals surface area contributed by atoms with Gasteiger partial charge in [0.15, 0.2) is 11.0 Å². The number of hydrogen-bond donors (Lipinski definition) is 1. The molecule has 1 amide bonds. The van der Waals surface area contributed by atoms with Crippen LogP contribution in [0.1, 0.15) is 25.3 Å². The third-order valence-electron chi connectivity index (χ3n) is 5.13. The van der Waals surface area contributed by atoms with Crippen molar-refractivity contribution in [1.29, 1.82) is 0 Å². The zero-order valence-corrected chi connectivity index (χ0v) is 19.5. The number of nitrogens with one attached hydrogen (secondary N) is 1. The summed E-state index contributed by atoms with van der Waals surface area (Å²) in [6.07, 6.45) is 2.24. The monoisotopic (exact) mass is 458 g/mol. The number of thioether (sulfide) groups is 1. The number of aromatic nitrogens is 3. The van der Waals surface area contributed by atoms with Crippen LogP contribution in [0.3, 0.4) is 0 Å². The summed E-state index contributed by atoms with van der Waals surface area (Å²) in [5, 5.41) is 14.2. The summed E-state index contributed by atoms with van der Waals surface area (Å²) in [6.45, 7) is 5.33. The van der Waals surface area contributed by atoms with Gasteiger partial charge in [-0.3, -0.25) is 9.36 Å². The molecule has 2 aromatic heterocycles. The van der Waals surface area contributed by atoms with Gasteiger partial charge in [-0.05, 0) is 55.8 Å². The zero-order valence-electron chi connectivity index (χ0n) is 17.8. The van der Waals surface area contributed by atoms with Gasteiger partial charge >= 0.3 is 0 Å². The highest BCUT2D eigenvalue weighted by atomic mass is 32.2. The second-order valence-corrected chi connectivity index (χ2v) is 9.74. The molecular formula is C22H26N4O3S2. The van der Waals surface area contributed by atoms with Gasteiger partial charge in [0, 0.05) is 6.61 Å². The molecule has 1 N–H and O–H groups in total. The molecule has 2 atom stereocenters. The number of carbonyl (C=O) groups is 1. The topological polar surface area (TPSA) is 78.3 Å². The lowest BCUT2D eigenvalue weighted by atomic mass is 10.2. The predicted octanol–water partition coefficient (Wildman–Crippen LogP) is 4.62. The first-order valence-electron chi connectivity index (χ1n) is 10.3. The molecule has 164 valence electrons. The van der Waals surface area contributed by atoms with Crippen molar-refractivity contribution in [3.8, 4) is 16.5 Å². The van der Waals surface area contributed by atoms with Gasteiger partial charge in [-0.2, -0.15) is 0 Å². The maximum absolute atomic E-state index is 12.9. The van der Waals surface area contributed by atoms with Gasteiger partial charge in [0.2, 0.25) is 5.91 Å². The summed E-state index contributed by atoms with van der Waals surface area (Å²) in [5.41, 5.74) is 1.72. The lowest BCUT2D eigenvalue weighted by molar-refractivity contribution is -0.115. The van der Waals surface area contributed by atoms with Crippen molar-refractivity contribution in [2.75, 3.05) is 19.0 Å². The Morgan fingerprint density at radius 1 is 1.42 bits per heavy atom. The number of anilines is 1. The lowest BCUT2D eigenvalue weighted by Crippen LogP contribution is -2.24. The normalized spacial score (nSPS) is 16.9. The first kappa shape index (κ1) is 21.9. The minimum absolute atomic E-state index is 0.113. The van der Waals surface area contributed by atoms with Gasteiger partial charge in [0.1, 0.15) is 5.75 Å². The molecule has 1 saturated heterocycles. The number of nitrogens with zero attached hydrogens (tertiary/aromatic N) is 3. The molecule has 7 nitrogen and oxygen atoms in total. The first-order valence-corrected chi connectivity index (χ1v) is 12.0. The van der Waals surface area contributed by atoms with Crippen molar-refractivity contribution in [2.24, 2.45) is 0 Å². The number of thiophene rings is 1. The molecule has 0 saturated carbocycles. The van der Waals surface area contributed by atoms with E-state index in [0.29, 0.717) is 18.0 Å². The smallest absolute Gasteiger partial charge is 0.237 e. The van der Waals surface area contributed by atoms with E-state index < -0.39 is 0 Å². The fourth-order valence-electron chi connectivity index (χ4n) is 3.49. The molecule has 1 aliphatic heterocycles. The summed E-state index contributed by atoms with van der Waals surface area (Å²) in [5.74, 6) is 1.34. The molecule has 1 aromatic carbocycles. The van der Waals surface area contributed by atoms with E-state index in [4.69, 9.17) is 9.47 Å². The van der Waals surface area contributed by atoms with Crippen LogP contribution < -0.4 is 10.1 Å². The third-order valence-corrected chi connectivity index (χ3v) is 7.08. The minimum atomic E-state index is -0.367. The Hall–Kier alpha value is -2.36. The first-order chi connectivity index (χ1) is 15.0. The molecule has 4 rings (SSSR count). The molecule has 3 heterocycles. The highest BCUT2D eigenvalue weighted by Crippen LogP contribution is 2.32. The van der Waals surface area contributed by atoms with Crippen LogP contribution >= 0.6 is 23.1 Å². The molecule has 1 aliphatic rings. The Labute approximate surface area is 190 Å². The number of rotatable bonds is 8. The number of benzene rings is 1. The van der Waals surface area contributed by atoms with Crippen LogP contribution in [0.25, 0.3) is 10.7 Å². The largest absolute Gasteiger partial charge is 0.495 e. The van der Waals surface area contributed by atoms with Crippen molar-refractivity contribution in [3.05, 3.63) is 41.3 Å². The van der Waals surface area contributed by atoms with E-state index in [1.807, 2.05) is 49.6 Å². The SMILES string of the molecule is COc1ccc(C)cc1NC(=O)C(C)Sc1nnc(-c2cccs2)n1CC1CCCO1.